The highest BCUT2D eigenvalue weighted by Gasteiger charge is 2.18. The van der Waals surface area contributed by atoms with Gasteiger partial charge in [-0.3, -0.25) is 9.59 Å². The molecule has 1 aromatic rings. The van der Waals surface area contributed by atoms with Crippen LogP contribution in [0.3, 0.4) is 0 Å². The number of hydrogen-bond donors (Lipinski definition) is 2. The third-order valence-corrected chi connectivity index (χ3v) is 4.67. The second-order valence-corrected chi connectivity index (χ2v) is 7.00. The Morgan fingerprint density at radius 1 is 1.18 bits per heavy atom. The molecule has 8 heteroatoms. The lowest BCUT2D eigenvalue weighted by atomic mass is 10.2. The average Bonchev–Trinajstić information content (AvgIpc) is 2.50. The fourth-order valence-corrected chi connectivity index (χ4v) is 2.55. The highest BCUT2D eigenvalue weighted by molar-refractivity contribution is 7.89. The zero-order valence-corrected chi connectivity index (χ0v) is 13.7. The van der Waals surface area contributed by atoms with Crippen molar-refractivity contribution >= 4 is 21.8 Å². The maximum Gasteiger partial charge on any atom is 0.251 e. The van der Waals surface area contributed by atoms with Gasteiger partial charge in [-0.1, -0.05) is 13.0 Å². The third-order valence-electron chi connectivity index (χ3n) is 2.86. The van der Waals surface area contributed by atoms with Gasteiger partial charge in [-0.05, 0) is 24.6 Å². The number of carbonyl (C=O) groups is 2. The molecular weight excluding hydrogens is 306 g/mol. The van der Waals surface area contributed by atoms with Crippen LogP contribution in [0.5, 0.6) is 0 Å². The van der Waals surface area contributed by atoms with Gasteiger partial charge >= 0.3 is 0 Å². The molecule has 0 bridgehead atoms. The van der Waals surface area contributed by atoms with Gasteiger partial charge in [0.1, 0.15) is 0 Å². The standard InChI is InChI=1S/C14H21N3O4S/c1-4-8-15-13(18)10-16-14(19)11-6-5-7-12(9-11)22(20,21)17(2)3/h5-7,9H,4,8,10H2,1-3H3,(H,15,18)(H,16,19). The van der Waals surface area contributed by atoms with Crippen LogP contribution in [-0.4, -0.2) is 51.7 Å². The molecule has 0 spiro atoms. The molecule has 0 aliphatic heterocycles. The van der Waals surface area contributed by atoms with Crippen LogP contribution in [0.15, 0.2) is 29.2 Å². The van der Waals surface area contributed by atoms with Crippen molar-refractivity contribution in [2.75, 3.05) is 27.2 Å². The van der Waals surface area contributed by atoms with Crippen molar-refractivity contribution in [3.05, 3.63) is 29.8 Å². The Balaban J connectivity index is 2.78. The minimum Gasteiger partial charge on any atom is -0.355 e. The molecule has 0 aliphatic rings. The number of carbonyl (C=O) groups excluding carboxylic acids is 2. The van der Waals surface area contributed by atoms with Gasteiger partial charge in [0, 0.05) is 26.2 Å². The quantitative estimate of drug-likeness (QED) is 0.747. The molecule has 1 rings (SSSR count). The number of hydrogen-bond acceptors (Lipinski definition) is 4. The summed E-state index contributed by atoms with van der Waals surface area (Å²) in [5.41, 5.74) is 0.186. The van der Waals surface area contributed by atoms with Crippen LogP contribution in [0.25, 0.3) is 0 Å². The largest absolute Gasteiger partial charge is 0.355 e. The Bertz CT molecular complexity index is 641. The van der Waals surface area contributed by atoms with Crippen LogP contribution in [0.4, 0.5) is 0 Å². The molecule has 22 heavy (non-hydrogen) atoms. The van der Waals surface area contributed by atoms with Crippen molar-refractivity contribution in [2.24, 2.45) is 0 Å². The first kappa shape index (κ1) is 18.1. The van der Waals surface area contributed by atoms with Gasteiger partial charge in [0.25, 0.3) is 5.91 Å². The van der Waals surface area contributed by atoms with Crippen LogP contribution in [0.2, 0.25) is 0 Å². The molecule has 2 N–H and O–H groups in total. The minimum absolute atomic E-state index is 0.0283. The highest BCUT2D eigenvalue weighted by Crippen LogP contribution is 2.14. The van der Waals surface area contributed by atoms with E-state index >= 15 is 0 Å². The maximum absolute atomic E-state index is 12.0. The summed E-state index contributed by atoms with van der Waals surface area (Å²) in [6, 6.07) is 5.69. The van der Waals surface area contributed by atoms with E-state index in [1.165, 1.54) is 38.4 Å². The molecule has 0 radical (unpaired) electrons. The average molecular weight is 327 g/mol. The van der Waals surface area contributed by atoms with Crippen LogP contribution >= 0.6 is 0 Å². The number of nitrogens with one attached hydrogen (secondary N) is 2. The van der Waals surface area contributed by atoms with E-state index in [0.29, 0.717) is 6.54 Å². The van der Waals surface area contributed by atoms with E-state index in [1.54, 1.807) is 0 Å². The molecule has 0 atom stereocenters. The zero-order chi connectivity index (χ0) is 16.8. The highest BCUT2D eigenvalue weighted by atomic mass is 32.2. The smallest absolute Gasteiger partial charge is 0.251 e. The molecule has 0 heterocycles. The van der Waals surface area contributed by atoms with E-state index in [2.05, 4.69) is 10.6 Å². The fourth-order valence-electron chi connectivity index (χ4n) is 1.60. The molecule has 0 saturated carbocycles. The third kappa shape index (κ3) is 4.81. The number of rotatable bonds is 7. The summed E-state index contributed by atoms with van der Waals surface area (Å²) in [4.78, 5) is 23.4. The predicted molar refractivity (Wildman–Crippen MR) is 82.9 cm³/mol. The van der Waals surface area contributed by atoms with Crippen molar-refractivity contribution in [3.63, 3.8) is 0 Å². The lowest BCUT2D eigenvalue weighted by molar-refractivity contribution is -0.120. The molecule has 7 nitrogen and oxygen atoms in total. The number of amides is 2. The van der Waals surface area contributed by atoms with Crippen molar-refractivity contribution in [2.45, 2.75) is 18.2 Å². The van der Waals surface area contributed by atoms with E-state index in [1.807, 2.05) is 6.92 Å². The molecule has 0 unspecified atom stereocenters. The number of sulfonamides is 1. The topological polar surface area (TPSA) is 95.6 Å². The summed E-state index contributed by atoms with van der Waals surface area (Å²) in [6.45, 7) is 2.32. The summed E-state index contributed by atoms with van der Waals surface area (Å²) >= 11 is 0. The van der Waals surface area contributed by atoms with Crippen molar-refractivity contribution in [1.29, 1.82) is 0 Å². The lowest BCUT2D eigenvalue weighted by Gasteiger charge is -2.12. The Labute approximate surface area is 130 Å². The fraction of sp³-hybridized carbons (Fsp3) is 0.429. The van der Waals surface area contributed by atoms with Gasteiger partial charge in [-0.25, -0.2) is 12.7 Å². The van der Waals surface area contributed by atoms with Crippen LogP contribution < -0.4 is 10.6 Å². The van der Waals surface area contributed by atoms with Crippen molar-refractivity contribution in [3.8, 4) is 0 Å². The Hall–Kier alpha value is -1.93. The van der Waals surface area contributed by atoms with E-state index in [-0.39, 0.29) is 22.9 Å². The van der Waals surface area contributed by atoms with Crippen molar-refractivity contribution < 1.29 is 18.0 Å². The van der Waals surface area contributed by atoms with E-state index in [4.69, 9.17) is 0 Å². The van der Waals surface area contributed by atoms with Gasteiger partial charge in [0.05, 0.1) is 11.4 Å². The summed E-state index contributed by atoms with van der Waals surface area (Å²) < 4.78 is 25.1. The van der Waals surface area contributed by atoms with Gasteiger partial charge in [-0.2, -0.15) is 0 Å². The second kappa shape index (κ2) is 7.90. The molecular formula is C14H21N3O4S. The van der Waals surface area contributed by atoms with Crippen LogP contribution in [0, 0.1) is 0 Å². The second-order valence-electron chi connectivity index (χ2n) is 4.85. The zero-order valence-electron chi connectivity index (χ0n) is 12.9. The van der Waals surface area contributed by atoms with E-state index < -0.39 is 15.9 Å². The first-order valence-electron chi connectivity index (χ1n) is 6.86. The first-order valence-corrected chi connectivity index (χ1v) is 8.30. The lowest BCUT2D eigenvalue weighted by Crippen LogP contribution is -2.37. The normalized spacial score (nSPS) is 11.3. The monoisotopic (exact) mass is 327 g/mol. The maximum atomic E-state index is 12.0. The summed E-state index contributed by atoms with van der Waals surface area (Å²) in [5.74, 6) is -0.783. The molecule has 0 aliphatic carbocycles. The van der Waals surface area contributed by atoms with Crippen molar-refractivity contribution in [1.82, 2.24) is 14.9 Å². The van der Waals surface area contributed by atoms with E-state index in [0.717, 1.165) is 10.7 Å². The summed E-state index contributed by atoms with van der Waals surface area (Å²) in [5, 5.41) is 5.09. The van der Waals surface area contributed by atoms with Crippen LogP contribution in [0.1, 0.15) is 23.7 Å². The van der Waals surface area contributed by atoms with E-state index in [9.17, 15) is 18.0 Å². The number of nitrogens with zero attached hydrogens (tertiary/aromatic N) is 1. The minimum atomic E-state index is -3.60. The predicted octanol–water partition coefficient (Wildman–Crippen LogP) is 0.193. The number of benzene rings is 1. The molecule has 1 aromatic carbocycles. The Morgan fingerprint density at radius 3 is 2.45 bits per heavy atom. The Morgan fingerprint density at radius 2 is 1.86 bits per heavy atom. The molecule has 0 aromatic heterocycles. The van der Waals surface area contributed by atoms with Gasteiger partial charge in [0.2, 0.25) is 15.9 Å². The molecule has 122 valence electrons. The van der Waals surface area contributed by atoms with Gasteiger partial charge < -0.3 is 10.6 Å². The summed E-state index contributed by atoms with van der Waals surface area (Å²) in [7, 11) is -0.769. The van der Waals surface area contributed by atoms with Gasteiger partial charge in [0.15, 0.2) is 0 Å². The SMILES string of the molecule is CCCNC(=O)CNC(=O)c1cccc(S(=O)(=O)N(C)C)c1. The van der Waals surface area contributed by atoms with Gasteiger partial charge in [-0.15, -0.1) is 0 Å². The Kier molecular flexibility index (Phi) is 6.51. The molecule has 0 saturated heterocycles. The first-order chi connectivity index (χ1) is 10.3. The molecule has 2 amide bonds. The summed E-state index contributed by atoms with van der Waals surface area (Å²) in [6.07, 6.45) is 0.810. The van der Waals surface area contributed by atoms with Crippen LogP contribution in [-0.2, 0) is 14.8 Å². The molecule has 0 fully saturated rings.